The number of carboxylic acid groups (broad SMARTS) is 1. The van der Waals surface area contributed by atoms with E-state index >= 15 is 0 Å². The average Bonchev–Trinajstić information content (AvgIpc) is 2.84. The van der Waals surface area contributed by atoms with Crippen LogP contribution in [0, 0.1) is 12.8 Å². The first-order chi connectivity index (χ1) is 16.7. The van der Waals surface area contributed by atoms with E-state index in [1.54, 1.807) is 12.1 Å². The summed E-state index contributed by atoms with van der Waals surface area (Å²) in [5.41, 5.74) is 19.7. The summed E-state index contributed by atoms with van der Waals surface area (Å²) in [6.45, 7) is 7.33. The van der Waals surface area contributed by atoms with E-state index in [0.29, 0.717) is 25.6 Å². The number of hydrogen-bond acceptors (Lipinski definition) is 5. The van der Waals surface area contributed by atoms with Crippen molar-refractivity contribution >= 4 is 36.7 Å². The van der Waals surface area contributed by atoms with Gasteiger partial charge in [0.1, 0.15) is 0 Å². The lowest BCUT2D eigenvalue weighted by Crippen LogP contribution is -2.26. The van der Waals surface area contributed by atoms with Gasteiger partial charge in [-0.05, 0) is 64.8 Å². The van der Waals surface area contributed by atoms with E-state index in [0.717, 1.165) is 51.2 Å². The molecule has 0 bridgehead atoms. The molecule has 1 amide bonds. The normalized spacial score (nSPS) is 10.4. The first kappa shape index (κ1) is 32.1. The minimum Gasteiger partial charge on any atom is -0.478 e. The molecule has 0 aliphatic rings. The molecule has 3 aromatic rings. The van der Waals surface area contributed by atoms with Crippen LogP contribution in [0.15, 0.2) is 48.5 Å². The Balaban J connectivity index is 0.00000342. The summed E-state index contributed by atoms with van der Waals surface area (Å²) in [5.74, 6) is -0.704. The third-order valence-electron chi connectivity index (χ3n) is 6.00. The van der Waals surface area contributed by atoms with Crippen LogP contribution in [0.5, 0.6) is 0 Å². The van der Waals surface area contributed by atoms with Crippen LogP contribution in [0.1, 0.15) is 57.8 Å². The van der Waals surface area contributed by atoms with Crippen molar-refractivity contribution in [2.24, 2.45) is 17.4 Å². The molecule has 0 atom stereocenters. The molecule has 6 N–H and O–H groups in total. The molecule has 1 heterocycles. The number of carbonyl (C=O) groups is 2. The molecule has 0 radical (unpaired) electrons. The number of aryl methyl sites for hydroxylation is 1. The molecule has 7 nitrogen and oxygen atoms in total. The molecule has 2 aromatic carbocycles. The molecule has 0 aliphatic heterocycles. The van der Waals surface area contributed by atoms with Gasteiger partial charge in [-0.3, -0.25) is 9.78 Å². The lowest BCUT2D eigenvalue weighted by Gasteiger charge is -2.21. The summed E-state index contributed by atoms with van der Waals surface area (Å²) in [6, 6.07) is 14.5. The number of benzene rings is 2. The van der Waals surface area contributed by atoms with Crippen molar-refractivity contribution in [2.75, 3.05) is 0 Å². The zero-order valence-corrected chi connectivity index (χ0v) is 23.0. The Labute approximate surface area is 230 Å². The molecule has 0 saturated carbocycles. The third kappa shape index (κ3) is 8.27. The molecule has 0 unspecified atom stereocenters. The maximum Gasteiger partial charge on any atom is 0.335 e. The minimum atomic E-state index is -0.979. The van der Waals surface area contributed by atoms with Gasteiger partial charge >= 0.3 is 5.97 Å². The minimum absolute atomic E-state index is 0. The van der Waals surface area contributed by atoms with Gasteiger partial charge in [0.15, 0.2) is 0 Å². The smallest absolute Gasteiger partial charge is 0.335 e. The number of aromatic nitrogens is 1. The van der Waals surface area contributed by atoms with Crippen LogP contribution in [0.2, 0.25) is 0 Å². The Morgan fingerprint density at radius 3 is 2.03 bits per heavy atom. The molecular weight excluding hydrogens is 511 g/mol. The lowest BCUT2D eigenvalue weighted by molar-refractivity contribution is -0.120. The van der Waals surface area contributed by atoms with Gasteiger partial charge in [0.25, 0.3) is 0 Å². The number of nitrogens with one attached hydrogen (secondary N) is 1. The van der Waals surface area contributed by atoms with E-state index in [1.807, 2.05) is 31.2 Å². The van der Waals surface area contributed by atoms with Crippen molar-refractivity contribution in [1.82, 2.24) is 10.3 Å². The van der Waals surface area contributed by atoms with Crippen molar-refractivity contribution < 1.29 is 14.7 Å². The topological polar surface area (TPSA) is 131 Å². The highest BCUT2D eigenvalue weighted by atomic mass is 35.5. The summed E-state index contributed by atoms with van der Waals surface area (Å²) in [5, 5.41) is 12.0. The highest BCUT2D eigenvalue weighted by molar-refractivity contribution is 5.87. The standard InChI is InChI=1S/C28H34N4O3.2ClH/c1-17(2)12-25-24(15-30)27(21-8-4-19(14-29)5-9-21)23(18(3)32-25)13-26(33)31-16-20-6-10-22(11-7-20)28(34)35;;/h4-11,17H,12-16,29-30H2,1-3H3,(H,31,33)(H,34,35);2*1H. The highest BCUT2D eigenvalue weighted by Gasteiger charge is 2.21. The fourth-order valence-electron chi connectivity index (χ4n) is 4.18. The Hall–Kier alpha value is -2.97. The molecule has 37 heavy (non-hydrogen) atoms. The molecule has 0 fully saturated rings. The van der Waals surface area contributed by atoms with E-state index in [9.17, 15) is 9.59 Å². The zero-order valence-electron chi connectivity index (χ0n) is 21.4. The zero-order chi connectivity index (χ0) is 25.5. The second-order valence-electron chi connectivity index (χ2n) is 9.13. The van der Waals surface area contributed by atoms with Crippen molar-refractivity contribution in [2.45, 2.75) is 53.2 Å². The quantitative estimate of drug-likeness (QED) is 0.294. The maximum atomic E-state index is 13.0. The predicted molar refractivity (Wildman–Crippen MR) is 152 cm³/mol. The van der Waals surface area contributed by atoms with E-state index < -0.39 is 5.97 Å². The number of nitrogens with two attached hydrogens (primary N) is 2. The number of nitrogens with zero attached hydrogens (tertiary/aromatic N) is 1. The number of aromatic carboxylic acids is 1. The summed E-state index contributed by atoms with van der Waals surface area (Å²) < 4.78 is 0. The fourth-order valence-corrected chi connectivity index (χ4v) is 4.18. The van der Waals surface area contributed by atoms with Crippen LogP contribution in [0.25, 0.3) is 11.1 Å². The number of halogens is 2. The van der Waals surface area contributed by atoms with E-state index in [2.05, 4.69) is 19.2 Å². The molecule has 0 aliphatic carbocycles. The van der Waals surface area contributed by atoms with Crippen LogP contribution < -0.4 is 16.8 Å². The second-order valence-corrected chi connectivity index (χ2v) is 9.13. The lowest BCUT2D eigenvalue weighted by atomic mass is 9.88. The molecular formula is C28H36Cl2N4O3. The van der Waals surface area contributed by atoms with Crippen LogP contribution in [0.4, 0.5) is 0 Å². The molecule has 0 spiro atoms. The Kier molecular flexibility index (Phi) is 12.7. The monoisotopic (exact) mass is 546 g/mol. The van der Waals surface area contributed by atoms with Gasteiger partial charge in [-0.2, -0.15) is 0 Å². The van der Waals surface area contributed by atoms with Gasteiger partial charge in [0.05, 0.1) is 12.0 Å². The summed E-state index contributed by atoms with van der Waals surface area (Å²) in [4.78, 5) is 28.9. The first-order valence-electron chi connectivity index (χ1n) is 11.8. The van der Waals surface area contributed by atoms with Gasteiger partial charge in [-0.1, -0.05) is 50.2 Å². The highest BCUT2D eigenvalue weighted by Crippen LogP contribution is 2.33. The van der Waals surface area contributed by atoms with Crippen LogP contribution >= 0.6 is 24.8 Å². The Bertz CT molecular complexity index is 1200. The van der Waals surface area contributed by atoms with E-state index in [4.69, 9.17) is 21.6 Å². The number of carboxylic acids is 1. The third-order valence-corrected chi connectivity index (χ3v) is 6.00. The maximum absolute atomic E-state index is 13.0. The Morgan fingerprint density at radius 1 is 0.919 bits per heavy atom. The van der Waals surface area contributed by atoms with Crippen molar-refractivity contribution in [1.29, 1.82) is 0 Å². The van der Waals surface area contributed by atoms with Crippen molar-refractivity contribution in [3.63, 3.8) is 0 Å². The van der Waals surface area contributed by atoms with Crippen LogP contribution in [0.3, 0.4) is 0 Å². The van der Waals surface area contributed by atoms with E-state index in [-0.39, 0.29) is 42.7 Å². The predicted octanol–water partition coefficient (Wildman–Crippen LogP) is 4.57. The van der Waals surface area contributed by atoms with Crippen molar-refractivity contribution in [3.8, 4) is 11.1 Å². The number of rotatable bonds is 10. The van der Waals surface area contributed by atoms with Gasteiger partial charge in [0, 0.05) is 31.0 Å². The number of hydrogen-bond donors (Lipinski definition) is 4. The number of amides is 1. The number of carbonyl (C=O) groups excluding carboxylic acids is 1. The van der Waals surface area contributed by atoms with Crippen LogP contribution in [-0.2, 0) is 37.3 Å². The molecule has 3 rings (SSSR count). The molecule has 9 heteroatoms. The summed E-state index contributed by atoms with van der Waals surface area (Å²) in [7, 11) is 0. The van der Waals surface area contributed by atoms with Gasteiger partial charge < -0.3 is 21.9 Å². The molecule has 0 saturated heterocycles. The molecule has 200 valence electrons. The van der Waals surface area contributed by atoms with Crippen LogP contribution in [-0.4, -0.2) is 22.0 Å². The van der Waals surface area contributed by atoms with Gasteiger partial charge in [0.2, 0.25) is 5.91 Å². The average molecular weight is 548 g/mol. The SMILES string of the molecule is Cc1nc(CC(C)C)c(CN)c(-c2ccc(CN)cc2)c1CC(=O)NCc1ccc(C(=O)O)cc1.Cl.Cl. The van der Waals surface area contributed by atoms with Gasteiger partial charge in [-0.25, -0.2) is 4.79 Å². The van der Waals surface area contributed by atoms with Gasteiger partial charge in [-0.15, -0.1) is 24.8 Å². The fraction of sp³-hybridized carbons (Fsp3) is 0.321. The second kappa shape index (κ2) is 14.7. The summed E-state index contributed by atoms with van der Waals surface area (Å²) >= 11 is 0. The largest absolute Gasteiger partial charge is 0.478 e. The summed E-state index contributed by atoms with van der Waals surface area (Å²) in [6.07, 6.45) is 0.967. The first-order valence-corrected chi connectivity index (χ1v) is 11.8. The Morgan fingerprint density at radius 2 is 1.51 bits per heavy atom. The van der Waals surface area contributed by atoms with E-state index in [1.165, 1.54) is 12.1 Å². The number of pyridine rings is 1. The molecule has 1 aromatic heterocycles. The van der Waals surface area contributed by atoms with Crippen molar-refractivity contribution in [3.05, 3.63) is 87.7 Å².